The number of hydrogen-bond acceptors (Lipinski definition) is 5. The maximum Gasteiger partial charge on any atom is 0.188 e. The van der Waals surface area contributed by atoms with Gasteiger partial charge in [-0.05, 0) is 19.8 Å². The van der Waals surface area contributed by atoms with Crippen LogP contribution in [0.1, 0.15) is 25.5 Å². The van der Waals surface area contributed by atoms with E-state index >= 15 is 0 Å². The molecule has 1 aliphatic rings. The van der Waals surface area contributed by atoms with Crippen molar-refractivity contribution >= 4 is 46.4 Å². The summed E-state index contributed by atoms with van der Waals surface area (Å²) in [5.74, 6) is 0.467. The molecule has 1 atom stereocenters. The lowest BCUT2D eigenvalue weighted by Gasteiger charge is -2.13. The number of thiazole rings is 1. The first kappa shape index (κ1) is 19.4. The van der Waals surface area contributed by atoms with Gasteiger partial charge in [-0.2, -0.15) is 0 Å². The molecule has 1 aromatic rings. The second kappa shape index (κ2) is 10.2. The summed E-state index contributed by atoms with van der Waals surface area (Å²) in [6.07, 6.45) is 3.38. The second-order valence-corrected chi connectivity index (χ2v) is 6.17. The highest BCUT2D eigenvalue weighted by molar-refractivity contribution is 14.0. The van der Waals surface area contributed by atoms with Gasteiger partial charge in [0.2, 0.25) is 0 Å². The van der Waals surface area contributed by atoms with Crippen molar-refractivity contribution in [1.29, 1.82) is 0 Å². The van der Waals surface area contributed by atoms with Crippen LogP contribution in [0.15, 0.2) is 10.4 Å². The average Bonchev–Trinajstić information content (AvgIpc) is 3.09. The van der Waals surface area contributed by atoms with E-state index in [9.17, 15) is 0 Å². The van der Waals surface area contributed by atoms with E-state index < -0.39 is 0 Å². The van der Waals surface area contributed by atoms with Gasteiger partial charge in [-0.15, -0.1) is 35.3 Å². The fourth-order valence-corrected chi connectivity index (χ4v) is 3.26. The van der Waals surface area contributed by atoms with E-state index in [1.807, 2.05) is 6.92 Å². The number of guanidine groups is 1. The smallest absolute Gasteiger partial charge is 0.188 e. The van der Waals surface area contributed by atoms with Crippen LogP contribution in [0.3, 0.4) is 0 Å². The molecule has 2 rings (SSSR count). The van der Waals surface area contributed by atoms with Crippen LogP contribution in [-0.4, -0.2) is 50.3 Å². The maximum absolute atomic E-state index is 5.83. The Kier molecular flexibility index (Phi) is 9.03. The van der Waals surface area contributed by atoms with Gasteiger partial charge in [0.25, 0.3) is 0 Å². The summed E-state index contributed by atoms with van der Waals surface area (Å²) < 4.78 is 5.04. The molecule has 1 saturated heterocycles. The minimum atomic E-state index is 0. The molecule has 0 spiro atoms. The molecule has 1 aromatic heterocycles. The van der Waals surface area contributed by atoms with Crippen LogP contribution in [0.5, 0.6) is 0 Å². The van der Waals surface area contributed by atoms with E-state index in [0.717, 1.165) is 30.3 Å². The third-order valence-corrected chi connectivity index (χ3v) is 4.33. The quantitative estimate of drug-likeness (QED) is 0.385. The number of anilines is 1. The van der Waals surface area contributed by atoms with Crippen molar-refractivity contribution in [2.45, 2.75) is 32.2 Å². The molecule has 0 aliphatic carbocycles. The Morgan fingerprint density at radius 3 is 2.95 bits per heavy atom. The molecule has 22 heavy (non-hydrogen) atoms. The fraction of sp³-hybridized carbons (Fsp3) is 0.714. The van der Waals surface area contributed by atoms with Gasteiger partial charge in [0.05, 0.1) is 12.3 Å². The highest BCUT2D eigenvalue weighted by atomic mass is 127. The van der Waals surface area contributed by atoms with Crippen LogP contribution in [0.25, 0.3) is 0 Å². The Balaban J connectivity index is 0.00000242. The summed E-state index contributed by atoms with van der Waals surface area (Å²) in [5, 5.41) is 6.36. The van der Waals surface area contributed by atoms with E-state index in [1.165, 1.54) is 12.8 Å². The van der Waals surface area contributed by atoms with E-state index in [1.54, 1.807) is 18.4 Å². The predicted octanol–water partition coefficient (Wildman–Crippen LogP) is 1.84. The minimum absolute atomic E-state index is 0. The predicted molar refractivity (Wildman–Crippen MR) is 104 cm³/mol. The summed E-state index contributed by atoms with van der Waals surface area (Å²) in [4.78, 5) is 11.4. The van der Waals surface area contributed by atoms with Gasteiger partial charge in [-0.1, -0.05) is 0 Å². The number of aliphatic imine (C=N–C) groups is 1. The van der Waals surface area contributed by atoms with Crippen molar-refractivity contribution in [3.63, 3.8) is 0 Å². The number of nitrogens with two attached hydrogens (primary N) is 1. The number of halogens is 1. The van der Waals surface area contributed by atoms with E-state index in [2.05, 4.69) is 25.6 Å². The number of nitrogens with zero attached hydrogens (tertiary/aromatic N) is 3. The molecule has 0 amide bonds. The Hall–Kier alpha value is -0.610. The highest BCUT2D eigenvalue weighted by Gasteiger charge is 2.15. The highest BCUT2D eigenvalue weighted by Crippen LogP contribution is 2.24. The lowest BCUT2D eigenvalue weighted by atomic mass is 10.3. The minimum Gasteiger partial charge on any atom is -0.383 e. The lowest BCUT2D eigenvalue weighted by Crippen LogP contribution is -2.40. The zero-order chi connectivity index (χ0) is 15.1. The number of aromatic nitrogens is 1. The largest absolute Gasteiger partial charge is 0.383 e. The van der Waals surface area contributed by atoms with Crippen LogP contribution < -0.4 is 16.0 Å². The number of rotatable bonds is 7. The van der Waals surface area contributed by atoms with E-state index in [-0.39, 0.29) is 30.0 Å². The van der Waals surface area contributed by atoms with Gasteiger partial charge in [0.1, 0.15) is 0 Å². The molecule has 2 heterocycles. The Bertz CT molecular complexity index is 462. The first-order valence-electron chi connectivity index (χ1n) is 7.44. The molecule has 0 bridgehead atoms. The fourth-order valence-electron chi connectivity index (χ4n) is 2.35. The van der Waals surface area contributed by atoms with Crippen molar-refractivity contribution in [1.82, 2.24) is 10.3 Å². The molecule has 1 fully saturated rings. The van der Waals surface area contributed by atoms with Crippen molar-refractivity contribution in [2.75, 3.05) is 38.3 Å². The van der Waals surface area contributed by atoms with Crippen molar-refractivity contribution in [3.8, 4) is 0 Å². The van der Waals surface area contributed by atoms with Gasteiger partial charge in [-0.3, -0.25) is 4.99 Å². The van der Waals surface area contributed by atoms with Gasteiger partial charge in [0, 0.05) is 44.6 Å². The molecule has 1 unspecified atom stereocenters. The van der Waals surface area contributed by atoms with Gasteiger partial charge in [0.15, 0.2) is 11.1 Å². The molecule has 1 aliphatic heterocycles. The summed E-state index contributed by atoms with van der Waals surface area (Å²) in [5.41, 5.74) is 6.93. The van der Waals surface area contributed by atoms with Crippen molar-refractivity contribution < 1.29 is 4.74 Å². The molecule has 8 heteroatoms. The number of methoxy groups -OCH3 is 1. The maximum atomic E-state index is 5.83. The number of hydrogen-bond donors (Lipinski definition) is 2. The Morgan fingerprint density at radius 1 is 1.55 bits per heavy atom. The van der Waals surface area contributed by atoms with Gasteiger partial charge in [-0.25, -0.2) is 4.98 Å². The zero-order valence-corrected chi connectivity index (χ0v) is 16.4. The van der Waals surface area contributed by atoms with Crippen molar-refractivity contribution in [2.24, 2.45) is 10.7 Å². The zero-order valence-electron chi connectivity index (χ0n) is 13.2. The Morgan fingerprint density at radius 2 is 2.27 bits per heavy atom. The monoisotopic (exact) mass is 439 g/mol. The first-order valence-corrected chi connectivity index (χ1v) is 8.31. The first-order chi connectivity index (χ1) is 10.2. The molecular formula is C14H26IN5OS. The topological polar surface area (TPSA) is 75.8 Å². The van der Waals surface area contributed by atoms with Gasteiger partial charge < -0.3 is 20.7 Å². The standard InChI is InChI=1S/C14H25N5OS.HI/c1-11(9-20-2)17-13(15)16-6-5-12-10-21-14(18-12)19-7-3-4-8-19;/h10-11H,3-9H2,1-2H3,(H3,15,16,17);1H. The van der Waals surface area contributed by atoms with Crippen LogP contribution in [0.2, 0.25) is 0 Å². The van der Waals surface area contributed by atoms with Crippen LogP contribution >= 0.6 is 35.3 Å². The normalized spacial score (nSPS) is 16.5. The van der Waals surface area contributed by atoms with E-state index in [0.29, 0.717) is 19.1 Å². The lowest BCUT2D eigenvalue weighted by molar-refractivity contribution is 0.179. The molecule has 0 saturated carbocycles. The number of nitrogens with one attached hydrogen (secondary N) is 1. The molecule has 6 nitrogen and oxygen atoms in total. The molecule has 126 valence electrons. The average molecular weight is 439 g/mol. The summed E-state index contributed by atoms with van der Waals surface area (Å²) >= 11 is 1.73. The molecule has 0 aromatic carbocycles. The molecular weight excluding hydrogens is 413 g/mol. The number of ether oxygens (including phenoxy) is 1. The Labute approximate surface area is 153 Å². The summed E-state index contributed by atoms with van der Waals surface area (Å²) in [6.45, 7) is 5.55. The third kappa shape index (κ3) is 6.25. The van der Waals surface area contributed by atoms with Crippen LogP contribution in [0.4, 0.5) is 5.13 Å². The van der Waals surface area contributed by atoms with E-state index in [4.69, 9.17) is 10.5 Å². The SMILES string of the molecule is COCC(C)NC(N)=NCCc1csc(N2CCCC2)n1.I. The summed E-state index contributed by atoms with van der Waals surface area (Å²) in [6, 6.07) is 0.166. The second-order valence-electron chi connectivity index (χ2n) is 5.33. The molecule has 3 N–H and O–H groups in total. The third-order valence-electron chi connectivity index (χ3n) is 3.38. The van der Waals surface area contributed by atoms with Crippen LogP contribution in [0, 0.1) is 0 Å². The molecule has 0 radical (unpaired) electrons. The van der Waals surface area contributed by atoms with Crippen molar-refractivity contribution in [3.05, 3.63) is 11.1 Å². The van der Waals surface area contributed by atoms with Crippen LogP contribution in [-0.2, 0) is 11.2 Å². The van der Waals surface area contributed by atoms with Gasteiger partial charge >= 0.3 is 0 Å². The summed E-state index contributed by atoms with van der Waals surface area (Å²) in [7, 11) is 1.67.